The molecule has 2 aromatic rings. The minimum atomic E-state index is -0.724. The molecule has 5 heteroatoms. The van der Waals surface area contributed by atoms with Gasteiger partial charge in [-0.1, -0.05) is 36.4 Å². The quantitative estimate of drug-likeness (QED) is 0.571. The fourth-order valence-corrected chi connectivity index (χ4v) is 3.60. The minimum Gasteiger partial charge on any atom is -0.499 e. The number of rotatable bonds is 7. The molecule has 0 amide bonds. The highest BCUT2D eigenvalue weighted by molar-refractivity contribution is 5.80. The first-order valence-electron chi connectivity index (χ1n) is 9.63. The summed E-state index contributed by atoms with van der Waals surface area (Å²) >= 11 is 0. The first-order chi connectivity index (χ1) is 13.5. The van der Waals surface area contributed by atoms with Gasteiger partial charge in [0.05, 0.1) is 12.2 Å². The number of aliphatic carboxylic acids is 1. The Bertz CT molecular complexity index is 849. The Labute approximate surface area is 165 Å². The molecule has 0 unspecified atom stereocenters. The van der Waals surface area contributed by atoms with E-state index in [9.17, 15) is 14.3 Å². The van der Waals surface area contributed by atoms with Gasteiger partial charge in [-0.05, 0) is 55.1 Å². The number of nitrogens with zero attached hydrogens (tertiary/aromatic N) is 1. The number of carbonyl (C=O) groups is 1. The van der Waals surface area contributed by atoms with Crippen molar-refractivity contribution >= 4 is 11.5 Å². The molecular formula is C23H26FNO3. The summed E-state index contributed by atoms with van der Waals surface area (Å²) in [7, 11) is 0. The Hall–Kier alpha value is -2.66. The Kier molecular flexibility index (Phi) is 6.82. The molecule has 1 atom stereocenters. The zero-order chi connectivity index (χ0) is 19.9. The number of piperidine rings is 1. The molecule has 1 saturated heterocycles. The van der Waals surface area contributed by atoms with E-state index in [0.717, 1.165) is 41.6 Å². The summed E-state index contributed by atoms with van der Waals surface area (Å²) in [5.41, 5.74) is 3.68. The number of hydrogen-bond acceptors (Lipinski definition) is 3. The van der Waals surface area contributed by atoms with Crippen molar-refractivity contribution in [3.05, 3.63) is 77.3 Å². The number of aryl methyl sites for hydroxylation is 1. The van der Waals surface area contributed by atoms with Crippen LogP contribution >= 0.6 is 0 Å². The van der Waals surface area contributed by atoms with E-state index in [-0.39, 0.29) is 11.7 Å². The van der Waals surface area contributed by atoms with Gasteiger partial charge in [-0.2, -0.15) is 0 Å². The molecule has 0 aliphatic carbocycles. The van der Waals surface area contributed by atoms with Gasteiger partial charge in [0.2, 0.25) is 0 Å². The van der Waals surface area contributed by atoms with Gasteiger partial charge in [0.1, 0.15) is 12.4 Å². The average molecular weight is 383 g/mol. The molecule has 1 fully saturated rings. The van der Waals surface area contributed by atoms with Gasteiger partial charge in [-0.15, -0.1) is 0 Å². The summed E-state index contributed by atoms with van der Waals surface area (Å²) in [5, 5.41) is 9.20. The molecule has 0 radical (unpaired) electrons. The second-order valence-electron chi connectivity index (χ2n) is 7.21. The molecule has 2 aromatic carbocycles. The normalized spacial score (nSPS) is 18.1. The SMILES string of the molecule is Cc1ccccc1/C(=C\OCCN1CCC[C@@H](C(=O)O)C1)c1cccc(F)c1. The van der Waals surface area contributed by atoms with E-state index in [1.165, 1.54) is 12.1 Å². The Morgan fingerprint density at radius 3 is 2.86 bits per heavy atom. The topological polar surface area (TPSA) is 49.8 Å². The van der Waals surface area contributed by atoms with E-state index < -0.39 is 5.97 Å². The number of halogens is 1. The fraction of sp³-hybridized carbons (Fsp3) is 0.348. The van der Waals surface area contributed by atoms with Crippen LogP contribution in [0.15, 0.2) is 54.8 Å². The lowest BCUT2D eigenvalue weighted by Gasteiger charge is -2.30. The van der Waals surface area contributed by atoms with Crippen LogP contribution in [0.1, 0.15) is 29.5 Å². The number of likely N-dealkylation sites (tertiary alicyclic amines) is 1. The van der Waals surface area contributed by atoms with Gasteiger partial charge in [0.25, 0.3) is 0 Å². The first kappa shape index (κ1) is 20.1. The Morgan fingerprint density at radius 2 is 2.11 bits per heavy atom. The van der Waals surface area contributed by atoms with Crippen molar-refractivity contribution in [2.45, 2.75) is 19.8 Å². The molecule has 1 N–H and O–H groups in total. The number of hydrogen-bond donors (Lipinski definition) is 1. The second kappa shape index (κ2) is 9.51. The summed E-state index contributed by atoms with van der Waals surface area (Å²) < 4.78 is 19.6. The summed E-state index contributed by atoms with van der Waals surface area (Å²) in [5.74, 6) is -1.30. The van der Waals surface area contributed by atoms with Crippen molar-refractivity contribution in [1.82, 2.24) is 4.90 Å². The van der Waals surface area contributed by atoms with Crippen molar-refractivity contribution in [1.29, 1.82) is 0 Å². The first-order valence-corrected chi connectivity index (χ1v) is 9.63. The van der Waals surface area contributed by atoms with Crippen LogP contribution < -0.4 is 0 Å². The predicted molar refractivity (Wildman–Crippen MR) is 107 cm³/mol. The highest BCUT2D eigenvalue weighted by atomic mass is 19.1. The van der Waals surface area contributed by atoms with Crippen molar-refractivity contribution in [2.75, 3.05) is 26.2 Å². The van der Waals surface area contributed by atoms with E-state index in [0.29, 0.717) is 19.7 Å². The Balaban J connectivity index is 1.70. The average Bonchev–Trinajstić information content (AvgIpc) is 2.69. The van der Waals surface area contributed by atoms with Gasteiger partial charge < -0.3 is 9.84 Å². The lowest BCUT2D eigenvalue weighted by atomic mass is 9.95. The van der Waals surface area contributed by atoms with Crippen LogP contribution in [0, 0.1) is 18.7 Å². The van der Waals surface area contributed by atoms with Crippen molar-refractivity contribution in [2.24, 2.45) is 5.92 Å². The van der Waals surface area contributed by atoms with E-state index in [1.54, 1.807) is 12.3 Å². The van der Waals surface area contributed by atoms with Gasteiger partial charge in [0.15, 0.2) is 0 Å². The molecule has 0 aromatic heterocycles. The molecule has 0 spiro atoms. The van der Waals surface area contributed by atoms with Crippen LogP contribution in [0.4, 0.5) is 4.39 Å². The predicted octanol–water partition coefficient (Wildman–Crippen LogP) is 4.34. The molecule has 1 aliphatic heterocycles. The van der Waals surface area contributed by atoms with Gasteiger partial charge >= 0.3 is 5.97 Å². The molecular weight excluding hydrogens is 357 g/mol. The summed E-state index contributed by atoms with van der Waals surface area (Å²) in [6.07, 6.45) is 3.32. The lowest BCUT2D eigenvalue weighted by Crippen LogP contribution is -2.40. The van der Waals surface area contributed by atoms with E-state index in [2.05, 4.69) is 4.90 Å². The third kappa shape index (κ3) is 5.20. The highest BCUT2D eigenvalue weighted by Crippen LogP contribution is 2.26. The number of benzene rings is 2. The third-order valence-corrected chi connectivity index (χ3v) is 5.15. The maximum absolute atomic E-state index is 13.8. The van der Waals surface area contributed by atoms with E-state index in [1.807, 2.05) is 37.3 Å². The van der Waals surface area contributed by atoms with Crippen molar-refractivity contribution in [3.63, 3.8) is 0 Å². The maximum atomic E-state index is 13.8. The second-order valence-corrected chi connectivity index (χ2v) is 7.21. The van der Waals surface area contributed by atoms with Crippen LogP contribution in [0.25, 0.3) is 5.57 Å². The van der Waals surface area contributed by atoms with E-state index >= 15 is 0 Å². The van der Waals surface area contributed by atoms with Gasteiger partial charge in [-0.25, -0.2) is 4.39 Å². The fourth-order valence-electron chi connectivity index (χ4n) is 3.60. The number of carboxylic acids is 1. The molecule has 1 heterocycles. The lowest BCUT2D eigenvalue weighted by molar-refractivity contribution is -0.143. The smallest absolute Gasteiger partial charge is 0.307 e. The number of carboxylic acid groups (broad SMARTS) is 1. The van der Waals surface area contributed by atoms with Crippen LogP contribution in [-0.2, 0) is 9.53 Å². The van der Waals surface area contributed by atoms with Crippen LogP contribution in [0.5, 0.6) is 0 Å². The molecule has 148 valence electrons. The molecule has 4 nitrogen and oxygen atoms in total. The molecule has 0 saturated carbocycles. The zero-order valence-corrected chi connectivity index (χ0v) is 16.1. The third-order valence-electron chi connectivity index (χ3n) is 5.15. The molecule has 0 bridgehead atoms. The van der Waals surface area contributed by atoms with Gasteiger partial charge in [0, 0.05) is 18.7 Å². The largest absolute Gasteiger partial charge is 0.499 e. The minimum absolute atomic E-state index is 0.287. The summed E-state index contributed by atoms with van der Waals surface area (Å²) in [6, 6.07) is 14.4. The summed E-state index contributed by atoms with van der Waals surface area (Å²) in [6.45, 7) is 4.60. The van der Waals surface area contributed by atoms with Crippen LogP contribution in [0.2, 0.25) is 0 Å². The molecule has 28 heavy (non-hydrogen) atoms. The van der Waals surface area contributed by atoms with Crippen LogP contribution in [-0.4, -0.2) is 42.2 Å². The van der Waals surface area contributed by atoms with Crippen molar-refractivity contribution < 1.29 is 19.0 Å². The van der Waals surface area contributed by atoms with Gasteiger partial charge in [-0.3, -0.25) is 9.69 Å². The summed E-state index contributed by atoms with van der Waals surface area (Å²) in [4.78, 5) is 13.3. The zero-order valence-electron chi connectivity index (χ0n) is 16.1. The molecule has 3 rings (SSSR count). The number of ether oxygens (including phenoxy) is 1. The van der Waals surface area contributed by atoms with Crippen LogP contribution in [0.3, 0.4) is 0 Å². The van der Waals surface area contributed by atoms with Crippen molar-refractivity contribution in [3.8, 4) is 0 Å². The standard InChI is InChI=1S/C23H26FNO3/c1-17-6-2-3-10-21(17)22(18-7-4-9-20(24)14-18)16-28-13-12-25-11-5-8-19(15-25)23(26)27/h2-4,6-7,9-10,14,16,19H,5,8,11-13,15H2,1H3,(H,26,27)/b22-16-/t19-/m1/s1. The maximum Gasteiger partial charge on any atom is 0.307 e. The van der Waals surface area contributed by atoms with E-state index in [4.69, 9.17) is 4.74 Å². The highest BCUT2D eigenvalue weighted by Gasteiger charge is 2.24. The molecule has 1 aliphatic rings. The monoisotopic (exact) mass is 383 g/mol. The Morgan fingerprint density at radius 1 is 1.29 bits per heavy atom.